The van der Waals surface area contributed by atoms with Gasteiger partial charge in [0.15, 0.2) is 5.96 Å². The molecule has 1 saturated heterocycles. The summed E-state index contributed by atoms with van der Waals surface area (Å²) in [6.07, 6.45) is 0.635. The zero-order chi connectivity index (χ0) is 16.6. The van der Waals surface area contributed by atoms with Gasteiger partial charge < -0.3 is 5.32 Å². The molecular weight excluding hydrogens is 374 g/mol. The maximum Gasteiger partial charge on any atom is 0.235 e. The van der Waals surface area contributed by atoms with Crippen LogP contribution in [0.1, 0.15) is 17.4 Å². The van der Waals surface area contributed by atoms with Crippen molar-refractivity contribution in [3.63, 3.8) is 0 Å². The van der Waals surface area contributed by atoms with Gasteiger partial charge in [0.05, 0.1) is 11.5 Å². The molecule has 23 heavy (non-hydrogen) atoms. The van der Waals surface area contributed by atoms with Crippen molar-refractivity contribution in [2.75, 3.05) is 7.05 Å². The number of nitrogens with zero attached hydrogens (tertiary/aromatic N) is 1. The lowest BCUT2D eigenvalue weighted by Crippen LogP contribution is -2.64. The van der Waals surface area contributed by atoms with Crippen LogP contribution in [0.4, 0.5) is 0 Å². The number of carbonyl (C=O) groups is 1. The molecule has 2 aromatic rings. The summed E-state index contributed by atoms with van der Waals surface area (Å²) in [5.41, 5.74) is 0.532. The van der Waals surface area contributed by atoms with E-state index >= 15 is 0 Å². The minimum Gasteiger partial charge on any atom is -0.345 e. The number of benzene rings is 1. The molecule has 1 aliphatic rings. The number of guanidine groups is 1. The minimum atomic E-state index is -0.590. The number of rotatable bonds is 3. The van der Waals surface area contributed by atoms with Crippen molar-refractivity contribution in [2.45, 2.75) is 18.9 Å². The van der Waals surface area contributed by atoms with E-state index in [1.807, 2.05) is 48.7 Å². The van der Waals surface area contributed by atoms with E-state index in [-0.39, 0.29) is 17.8 Å². The third-order valence-corrected chi connectivity index (χ3v) is 6.33. The molecule has 0 bridgehead atoms. The van der Waals surface area contributed by atoms with Crippen molar-refractivity contribution in [3.8, 4) is 0 Å². The Kier molecular flexibility index (Phi) is 4.29. The highest BCUT2D eigenvalue weighted by molar-refractivity contribution is 9.10. The van der Waals surface area contributed by atoms with Crippen LogP contribution in [0, 0.1) is 11.3 Å². The summed E-state index contributed by atoms with van der Waals surface area (Å²) in [6.45, 7) is 2.01. The van der Waals surface area contributed by atoms with Crippen LogP contribution in [0.2, 0.25) is 0 Å². The van der Waals surface area contributed by atoms with Crippen LogP contribution in [-0.4, -0.2) is 23.8 Å². The second kappa shape index (κ2) is 6.09. The van der Waals surface area contributed by atoms with Gasteiger partial charge >= 0.3 is 0 Å². The molecule has 0 aliphatic carbocycles. The number of carbonyl (C=O) groups excluding carboxylic acids is 1. The highest BCUT2D eigenvalue weighted by Crippen LogP contribution is 2.39. The molecule has 2 atom stereocenters. The molecular formula is C17H18BrN3OS. The van der Waals surface area contributed by atoms with E-state index in [4.69, 9.17) is 5.41 Å². The smallest absolute Gasteiger partial charge is 0.235 e. The summed E-state index contributed by atoms with van der Waals surface area (Å²) in [5, 5.41) is 13.4. The number of thiophene rings is 1. The molecule has 1 amide bonds. The van der Waals surface area contributed by atoms with Gasteiger partial charge in [-0.2, -0.15) is 0 Å². The van der Waals surface area contributed by atoms with E-state index in [9.17, 15) is 4.79 Å². The van der Waals surface area contributed by atoms with E-state index in [0.29, 0.717) is 6.42 Å². The average Bonchev–Trinajstić information content (AvgIpc) is 2.98. The largest absolute Gasteiger partial charge is 0.345 e. The fourth-order valence-electron chi connectivity index (χ4n) is 2.97. The standard InChI is InChI=1S/C17H18BrN3OS/c1-17(14-9-12(18)10-23-14)13(8-11-6-4-3-5-7-11)15(22)21(2)16(19)20-17/h3-7,9-10,13H,8H2,1-2H3,(H2,19,20)/t13-,17-/m0/s1. The van der Waals surface area contributed by atoms with Gasteiger partial charge in [-0.3, -0.25) is 15.1 Å². The van der Waals surface area contributed by atoms with E-state index in [1.54, 1.807) is 18.4 Å². The molecule has 2 heterocycles. The highest BCUT2D eigenvalue weighted by atomic mass is 79.9. The normalized spacial score (nSPS) is 24.7. The number of halogens is 1. The molecule has 2 N–H and O–H groups in total. The highest BCUT2D eigenvalue weighted by Gasteiger charge is 2.48. The second-order valence-electron chi connectivity index (χ2n) is 5.94. The predicted octanol–water partition coefficient (Wildman–Crippen LogP) is 3.58. The topological polar surface area (TPSA) is 56.2 Å². The van der Waals surface area contributed by atoms with E-state index in [1.165, 1.54) is 4.90 Å². The molecule has 4 nitrogen and oxygen atoms in total. The number of hydrogen-bond donors (Lipinski definition) is 2. The van der Waals surface area contributed by atoms with E-state index in [2.05, 4.69) is 21.2 Å². The van der Waals surface area contributed by atoms with Crippen molar-refractivity contribution in [1.29, 1.82) is 5.41 Å². The Labute approximate surface area is 148 Å². The number of hydrogen-bond acceptors (Lipinski definition) is 3. The Morgan fingerprint density at radius 3 is 2.70 bits per heavy atom. The maximum atomic E-state index is 12.9. The summed E-state index contributed by atoms with van der Waals surface area (Å²) in [7, 11) is 1.65. The lowest BCUT2D eigenvalue weighted by Gasteiger charge is -2.45. The summed E-state index contributed by atoms with van der Waals surface area (Å²) < 4.78 is 0.997. The fourth-order valence-corrected chi connectivity index (χ4v) is 4.57. The average molecular weight is 392 g/mol. The van der Waals surface area contributed by atoms with Gasteiger partial charge in [0.1, 0.15) is 0 Å². The first-order valence-electron chi connectivity index (χ1n) is 7.34. The van der Waals surface area contributed by atoms with Crippen molar-refractivity contribution < 1.29 is 4.79 Å². The first-order chi connectivity index (χ1) is 10.9. The SMILES string of the molecule is CN1C(=N)N[C@](C)(c2cc(Br)cs2)[C@@H](Cc2ccccc2)C1=O. The van der Waals surface area contributed by atoms with Crippen molar-refractivity contribution in [3.05, 3.63) is 56.7 Å². The molecule has 1 fully saturated rings. The number of amides is 1. The summed E-state index contributed by atoms with van der Waals surface area (Å²) in [4.78, 5) is 15.3. The van der Waals surface area contributed by atoms with Crippen LogP contribution in [0.15, 0.2) is 46.3 Å². The quantitative estimate of drug-likeness (QED) is 0.839. The molecule has 1 aromatic carbocycles. The summed E-state index contributed by atoms with van der Waals surface area (Å²) in [5.74, 6) is -0.148. The molecule has 0 saturated carbocycles. The Bertz CT molecular complexity index is 745. The van der Waals surface area contributed by atoms with Crippen molar-refractivity contribution in [1.82, 2.24) is 10.2 Å². The van der Waals surface area contributed by atoms with Gasteiger partial charge in [0, 0.05) is 21.8 Å². The van der Waals surface area contributed by atoms with Crippen molar-refractivity contribution >= 4 is 39.1 Å². The Morgan fingerprint density at radius 1 is 1.39 bits per heavy atom. The van der Waals surface area contributed by atoms with Crippen LogP contribution < -0.4 is 5.32 Å². The monoisotopic (exact) mass is 391 g/mol. The Balaban J connectivity index is 2.02. The second-order valence-corrected chi connectivity index (χ2v) is 7.77. The Morgan fingerprint density at radius 2 is 2.09 bits per heavy atom. The molecule has 1 aromatic heterocycles. The maximum absolute atomic E-state index is 12.9. The van der Waals surface area contributed by atoms with Crippen LogP contribution in [0.3, 0.4) is 0 Å². The van der Waals surface area contributed by atoms with Gasteiger partial charge in [0.2, 0.25) is 5.91 Å². The third-order valence-electron chi connectivity index (χ3n) is 4.40. The summed E-state index contributed by atoms with van der Waals surface area (Å²) >= 11 is 5.08. The fraction of sp³-hybridized carbons (Fsp3) is 0.294. The van der Waals surface area contributed by atoms with Crippen LogP contribution in [0.25, 0.3) is 0 Å². The van der Waals surface area contributed by atoms with Crippen LogP contribution in [0.5, 0.6) is 0 Å². The van der Waals surface area contributed by atoms with Gasteiger partial charge in [-0.1, -0.05) is 30.3 Å². The van der Waals surface area contributed by atoms with E-state index in [0.717, 1.165) is 14.9 Å². The van der Waals surface area contributed by atoms with Gasteiger partial charge in [-0.15, -0.1) is 11.3 Å². The first-order valence-corrected chi connectivity index (χ1v) is 9.02. The molecule has 0 spiro atoms. The van der Waals surface area contributed by atoms with Gasteiger partial charge in [-0.25, -0.2) is 0 Å². The molecule has 3 rings (SSSR count). The number of nitrogens with one attached hydrogen (secondary N) is 2. The lowest BCUT2D eigenvalue weighted by atomic mass is 9.77. The predicted molar refractivity (Wildman–Crippen MR) is 96.6 cm³/mol. The van der Waals surface area contributed by atoms with Crippen LogP contribution in [-0.2, 0) is 16.8 Å². The van der Waals surface area contributed by atoms with Crippen LogP contribution >= 0.6 is 27.3 Å². The Hall–Kier alpha value is -1.66. The third kappa shape index (κ3) is 2.93. The minimum absolute atomic E-state index is 0.0235. The molecule has 0 radical (unpaired) electrons. The molecule has 1 aliphatic heterocycles. The zero-order valence-corrected chi connectivity index (χ0v) is 15.4. The van der Waals surface area contributed by atoms with Gasteiger partial charge in [0.25, 0.3) is 0 Å². The summed E-state index contributed by atoms with van der Waals surface area (Å²) in [6, 6.07) is 12.1. The van der Waals surface area contributed by atoms with E-state index < -0.39 is 5.54 Å². The lowest BCUT2D eigenvalue weighted by molar-refractivity contribution is -0.135. The molecule has 120 valence electrons. The molecule has 6 heteroatoms. The first kappa shape index (κ1) is 16.2. The zero-order valence-electron chi connectivity index (χ0n) is 13.0. The van der Waals surface area contributed by atoms with Crippen molar-refractivity contribution in [2.24, 2.45) is 5.92 Å². The molecule has 0 unspecified atom stereocenters. The van der Waals surface area contributed by atoms with Gasteiger partial charge in [-0.05, 0) is 40.9 Å².